The molecule has 1 aliphatic rings. The summed E-state index contributed by atoms with van der Waals surface area (Å²) in [5, 5.41) is 0.747. The molecule has 0 atom stereocenters. The van der Waals surface area contributed by atoms with E-state index in [2.05, 4.69) is 30.4 Å². The van der Waals surface area contributed by atoms with Gasteiger partial charge in [-0.3, -0.25) is 14.5 Å². The predicted octanol–water partition coefficient (Wildman–Crippen LogP) is 3.89. The van der Waals surface area contributed by atoms with Crippen molar-refractivity contribution in [3.05, 3.63) is 40.9 Å². The minimum atomic E-state index is -0.320. The van der Waals surface area contributed by atoms with Gasteiger partial charge in [-0.15, -0.1) is 6.42 Å². The van der Waals surface area contributed by atoms with Crippen LogP contribution in [0.5, 0.6) is 0 Å². The van der Waals surface area contributed by atoms with E-state index >= 15 is 0 Å². The third-order valence-corrected chi connectivity index (χ3v) is 4.64. The second kappa shape index (κ2) is 5.98. The third-order valence-electron chi connectivity index (χ3n) is 3.74. The molecular weight excluding hydrogens is 308 g/mol. The van der Waals surface area contributed by atoms with Crippen molar-refractivity contribution in [3.63, 3.8) is 0 Å². The van der Waals surface area contributed by atoms with Crippen LogP contribution in [0.15, 0.2) is 35.4 Å². The van der Waals surface area contributed by atoms with Crippen LogP contribution in [0.3, 0.4) is 0 Å². The average molecular weight is 324 g/mol. The van der Waals surface area contributed by atoms with Gasteiger partial charge in [0.25, 0.3) is 11.1 Å². The second-order valence-electron chi connectivity index (χ2n) is 5.57. The molecule has 5 heteroatoms. The Kier molecular flexibility index (Phi) is 4.01. The summed E-state index contributed by atoms with van der Waals surface area (Å²) in [5.74, 6) is 2.02. The first kappa shape index (κ1) is 15.4. The molecule has 0 N–H and O–H groups in total. The molecule has 0 radical (unpaired) electrons. The third kappa shape index (κ3) is 2.66. The van der Waals surface area contributed by atoms with E-state index in [0.717, 1.165) is 33.1 Å². The highest BCUT2D eigenvalue weighted by molar-refractivity contribution is 8.18. The van der Waals surface area contributed by atoms with Gasteiger partial charge in [0.2, 0.25) is 0 Å². The van der Waals surface area contributed by atoms with Crippen molar-refractivity contribution in [2.24, 2.45) is 0 Å². The van der Waals surface area contributed by atoms with Gasteiger partial charge in [0.05, 0.1) is 11.4 Å². The van der Waals surface area contributed by atoms with Gasteiger partial charge in [-0.2, -0.15) is 0 Å². The second-order valence-corrected chi connectivity index (χ2v) is 6.57. The molecule has 0 saturated carbocycles. The topological polar surface area (TPSA) is 42.3 Å². The molecule has 0 spiro atoms. The first-order valence-electron chi connectivity index (χ1n) is 7.31. The van der Waals surface area contributed by atoms with Crippen molar-refractivity contribution in [1.29, 1.82) is 0 Å². The molecule has 2 aromatic rings. The van der Waals surface area contributed by atoms with Crippen LogP contribution >= 0.6 is 11.8 Å². The normalized spacial score (nSPS) is 16.8. The Morgan fingerprint density at radius 3 is 2.74 bits per heavy atom. The Hall–Kier alpha value is -2.45. The lowest BCUT2D eigenvalue weighted by atomic mass is 10.1. The minimum absolute atomic E-state index is 0.00968. The van der Waals surface area contributed by atoms with Crippen LogP contribution in [0, 0.1) is 12.3 Å². The van der Waals surface area contributed by atoms with Crippen LogP contribution in [0.1, 0.15) is 25.5 Å². The van der Waals surface area contributed by atoms with Gasteiger partial charge >= 0.3 is 0 Å². The van der Waals surface area contributed by atoms with Crippen LogP contribution < -0.4 is 0 Å². The summed E-state index contributed by atoms with van der Waals surface area (Å²) in [6, 6.07) is 8.33. The van der Waals surface area contributed by atoms with Crippen molar-refractivity contribution in [3.8, 4) is 12.3 Å². The van der Waals surface area contributed by atoms with Crippen molar-refractivity contribution >= 4 is 39.9 Å². The zero-order chi connectivity index (χ0) is 16.6. The molecule has 1 aromatic carbocycles. The molecule has 1 saturated heterocycles. The quantitative estimate of drug-likeness (QED) is 0.635. The molecule has 2 amide bonds. The number of benzene rings is 1. The van der Waals surface area contributed by atoms with E-state index in [1.807, 2.05) is 24.4 Å². The molecule has 3 rings (SSSR count). The first-order chi connectivity index (χ1) is 11.0. The lowest BCUT2D eigenvalue weighted by Crippen LogP contribution is -2.28. The molecule has 116 valence electrons. The van der Waals surface area contributed by atoms with Gasteiger partial charge in [-0.05, 0) is 37.8 Å². The summed E-state index contributed by atoms with van der Waals surface area (Å²) in [4.78, 5) is 25.7. The average Bonchev–Trinajstić information content (AvgIpc) is 3.02. The molecule has 0 bridgehead atoms. The molecule has 4 nitrogen and oxygen atoms in total. The maximum atomic E-state index is 12.3. The number of para-hydroxylation sites is 1. The fraction of sp³-hybridized carbons (Fsp3) is 0.222. The number of nitrogens with zero attached hydrogens (tertiary/aromatic N) is 2. The molecule has 23 heavy (non-hydrogen) atoms. The van der Waals surface area contributed by atoms with Gasteiger partial charge in [-0.1, -0.05) is 24.1 Å². The molecule has 1 aliphatic heterocycles. The van der Waals surface area contributed by atoms with Crippen LogP contribution in [-0.2, 0) is 4.79 Å². The first-order valence-corrected chi connectivity index (χ1v) is 8.13. The molecule has 1 fully saturated rings. The van der Waals surface area contributed by atoms with Crippen molar-refractivity contribution in [1.82, 2.24) is 9.47 Å². The molecule has 0 aliphatic carbocycles. The Morgan fingerprint density at radius 1 is 1.30 bits per heavy atom. The summed E-state index contributed by atoms with van der Waals surface area (Å²) >= 11 is 0.937. The maximum absolute atomic E-state index is 12.3. The Bertz CT molecular complexity index is 871. The van der Waals surface area contributed by atoms with Gasteiger partial charge in [0.15, 0.2) is 0 Å². The number of aromatic nitrogens is 1. The van der Waals surface area contributed by atoms with E-state index in [4.69, 9.17) is 6.42 Å². The zero-order valence-electron chi connectivity index (χ0n) is 12.9. The minimum Gasteiger partial charge on any atom is -0.344 e. The summed E-state index contributed by atoms with van der Waals surface area (Å²) in [6.07, 6.45) is 9.01. The number of amides is 2. The fourth-order valence-electron chi connectivity index (χ4n) is 2.64. The van der Waals surface area contributed by atoms with Crippen molar-refractivity contribution < 1.29 is 9.59 Å². The summed E-state index contributed by atoms with van der Waals surface area (Å²) < 4.78 is 2.16. The van der Waals surface area contributed by atoms with Gasteiger partial charge in [0.1, 0.15) is 0 Å². The number of carbonyl (C=O) groups excluding carboxylic acids is 2. The van der Waals surface area contributed by atoms with E-state index in [0.29, 0.717) is 10.9 Å². The molecule has 0 unspecified atom stereocenters. The van der Waals surface area contributed by atoms with Gasteiger partial charge in [0, 0.05) is 28.7 Å². The summed E-state index contributed by atoms with van der Waals surface area (Å²) in [6.45, 7) is 4.23. The van der Waals surface area contributed by atoms with E-state index in [9.17, 15) is 9.59 Å². The predicted molar refractivity (Wildman–Crippen MR) is 93.8 cm³/mol. The smallest absolute Gasteiger partial charge is 0.294 e. The van der Waals surface area contributed by atoms with E-state index < -0.39 is 0 Å². The number of hydrogen-bond acceptors (Lipinski definition) is 3. The standard InChI is InChI=1S/C18H16N2O2S/c1-4-9-19-17(21)16(23-18(19)22)10-13-11-20(12(2)3)15-8-6-5-7-14(13)15/h1,5-8,10-12H,9H2,2-3H3/b16-10+. The highest BCUT2D eigenvalue weighted by Crippen LogP contribution is 2.34. The number of imide groups is 1. The van der Waals surface area contributed by atoms with Gasteiger partial charge in [-0.25, -0.2) is 0 Å². The monoisotopic (exact) mass is 324 g/mol. The maximum Gasteiger partial charge on any atom is 0.294 e. The SMILES string of the molecule is C#CCN1C(=O)S/C(=C/c2cn(C(C)C)c3ccccc23)C1=O. The number of carbonyl (C=O) groups is 2. The summed E-state index contributed by atoms with van der Waals surface area (Å²) in [5.41, 5.74) is 2.04. The highest BCUT2D eigenvalue weighted by atomic mass is 32.2. The van der Waals surface area contributed by atoms with E-state index in [1.165, 1.54) is 0 Å². The van der Waals surface area contributed by atoms with E-state index in [-0.39, 0.29) is 17.7 Å². The number of hydrogen-bond donors (Lipinski definition) is 0. The highest BCUT2D eigenvalue weighted by Gasteiger charge is 2.34. The lowest BCUT2D eigenvalue weighted by molar-refractivity contribution is -0.122. The van der Waals surface area contributed by atoms with Crippen molar-refractivity contribution in [2.45, 2.75) is 19.9 Å². The Balaban J connectivity index is 2.07. The molecule has 2 heterocycles. The zero-order valence-corrected chi connectivity index (χ0v) is 13.8. The van der Waals surface area contributed by atoms with Crippen LogP contribution in [0.4, 0.5) is 4.79 Å². The molecule has 1 aromatic heterocycles. The van der Waals surface area contributed by atoms with Crippen molar-refractivity contribution in [2.75, 3.05) is 6.54 Å². The van der Waals surface area contributed by atoms with Crippen LogP contribution in [-0.4, -0.2) is 27.2 Å². The number of rotatable bonds is 3. The Morgan fingerprint density at radius 2 is 2.04 bits per heavy atom. The number of fused-ring (bicyclic) bond motifs is 1. The van der Waals surface area contributed by atoms with Crippen LogP contribution in [0.2, 0.25) is 0 Å². The number of terminal acetylenes is 1. The summed E-state index contributed by atoms with van der Waals surface area (Å²) in [7, 11) is 0. The largest absolute Gasteiger partial charge is 0.344 e. The van der Waals surface area contributed by atoms with Gasteiger partial charge < -0.3 is 4.57 Å². The van der Waals surface area contributed by atoms with E-state index in [1.54, 1.807) is 6.08 Å². The fourth-order valence-corrected chi connectivity index (χ4v) is 3.47. The lowest BCUT2D eigenvalue weighted by Gasteiger charge is -2.08. The number of thioether (sulfide) groups is 1. The van der Waals surface area contributed by atoms with Crippen LogP contribution in [0.25, 0.3) is 17.0 Å². The molecular formula is C18H16N2O2S. The Labute approximate surface area is 139 Å².